The van der Waals surface area contributed by atoms with Crippen LogP contribution in [0.3, 0.4) is 0 Å². The summed E-state index contributed by atoms with van der Waals surface area (Å²) in [6.45, 7) is 0. The van der Waals surface area contributed by atoms with Crippen LogP contribution in [0.2, 0.25) is 0 Å². The van der Waals surface area contributed by atoms with Crippen LogP contribution in [0, 0.1) is 0 Å². The Hall–Kier alpha value is -1.61. The van der Waals surface area contributed by atoms with Gasteiger partial charge in [-0.15, -0.1) is 0 Å². The molecule has 7 nitrogen and oxygen atoms in total. The maximum absolute atomic E-state index is 11.8. The molecule has 24 heavy (non-hydrogen) atoms. The van der Waals surface area contributed by atoms with E-state index in [1.807, 2.05) is 4.90 Å². The highest BCUT2D eigenvalue weighted by molar-refractivity contribution is 9.10. The molecule has 0 saturated heterocycles. The van der Waals surface area contributed by atoms with E-state index < -0.39 is 15.5 Å². The number of guanidine groups is 2. The van der Waals surface area contributed by atoms with Crippen molar-refractivity contribution in [2.24, 2.45) is 21.5 Å². The van der Waals surface area contributed by atoms with Gasteiger partial charge >= 0.3 is 0 Å². The predicted octanol–water partition coefficient (Wildman–Crippen LogP) is 1.96. The lowest BCUT2D eigenvalue weighted by molar-refractivity contribution is 0.305. The number of hydrogen-bond acceptors (Lipinski definition) is 7. The SMILES string of the molecule is CS(=O)(=O)c1ccc(N2C(N)=NC(N)=NC23CCCCC3)c(Br)c1. The fourth-order valence-electron chi connectivity index (χ4n) is 3.37. The summed E-state index contributed by atoms with van der Waals surface area (Å²) in [6.07, 6.45) is 6.03. The Labute approximate surface area is 149 Å². The van der Waals surface area contributed by atoms with Crippen LogP contribution in [0.1, 0.15) is 32.1 Å². The molecule has 0 amide bonds. The Kier molecular flexibility index (Phi) is 4.33. The zero-order valence-electron chi connectivity index (χ0n) is 13.4. The number of anilines is 1. The smallest absolute Gasteiger partial charge is 0.220 e. The lowest BCUT2D eigenvalue weighted by atomic mass is 9.87. The number of rotatable bonds is 2. The third-order valence-electron chi connectivity index (χ3n) is 4.44. The van der Waals surface area contributed by atoms with Gasteiger partial charge in [-0.05, 0) is 59.8 Å². The zero-order chi connectivity index (χ0) is 17.5. The first-order valence-corrected chi connectivity index (χ1v) is 10.4. The van der Waals surface area contributed by atoms with Gasteiger partial charge in [0.1, 0.15) is 5.66 Å². The summed E-state index contributed by atoms with van der Waals surface area (Å²) >= 11 is 3.47. The molecule has 0 radical (unpaired) electrons. The molecule has 1 saturated carbocycles. The van der Waals surface area contributed by atoms with Crippen LogP contribution in [0.5, 0.6) is 0 Å². The highest BCUT2D eigenvalue weighted by Crippen LogP contribution is 2.42. The molecule has 1 heterocycles. The molecule has 1 aliphatic carbocycles. The van der Waals surface area contributed by atoms with Gasteiger partial charge in [-0.2, -0.15) is 4.99 Å². The van der Waals surface area contributed by atoms with Crippen molar-refractivity contribution >= 4 is 43.4 Å². The lowest BCUT2D eigenvalue weighted by Gasteiger charge is -2.46. The Morgan fingerprint density at radius 3 is 2.46 bits per heavy atom. The first-order valence-electron chi connectivity index (χ1n) is 7.72. The maximum Gasteiger partial charge on any atom is 0.220 e. The molecule has 9 heteroatoms. The van der Waals surface area contributed by atoms with Crippen LogP contribution in [0.25, 0.3) is 0 Å². The first kappa shape index (κ1) is 17.2. The van der Waals surface area contributed by atoms with Crippen molar-refractivity contribution in [3.05, 3.63) is 22.7 Å². The molecule has 1 fully saturated rings. The molecule has 1 aromatic rings. The molecule has 4 N–H and O–H groups in total. The molecule has 1 spiro atoms. The second-order valence-electron chi connectivity index (χ2n) is 6.20. The van der Waals surface area contributed by atoms with Crippen LogP contribution in [-0.4, -0.2) is 32.3 Å². The summed E-state index contributed by atoms with van der Waals surface area (Å²) in [7, 11) is -3.29. The minimum atomic E-state index is -3.29. The van der Waals surface area contributed by atoms with Crippen LogP contribution in [0.15, 0.2) is 37.6 Å². The van der Waals surface area contributed by atoms with Crippen LogP contribution < -0.4 is 16.4 Å². The number of benzene rings is 1. The molecule has 3 rings (SSSR count). The molecule has 0 bridgehead atoms. The molecule has 0 unspecified atom stereocenters. The topological polar surface area (TPSA) is 114 Å². The predicted molar refractivity (Wildman–Crippen MR) is 98.8 cm³/mol. The van der Waals surface area contributed by atoms with E-state index >= 15 is 0 Å². The van der Waals surface area contributed by atoms with Gasteiger partial charge in [0.2, 0.25) is 11.9 Å². The third-order valence-corrected chi connectivity index (χ3v) is 6.19. The highest BCUT2D eigenvalue weighted by atomic mass is 79.9. The van der Waals surface area contributed by atoms with Crippen molar-refractivity contribution in [1.29, 1.82) is 0 Å². The maximum atomic E-state index is 11.8. The van der Waals surface area contributed by atoms with Crippen molar-refractivity contribution in [3.8, 4) is 0 Å². The monoisotopic (exact) mass is 413 g/mol. The Balaban J connectivity index is 2.11. The Bertz CT molecular complexity index is 828. The van der Waals surface area contributed by atoms with E-state index in [1.165, 1.54) is 6.26 Å². The van der Waals surface area contributed by atoms with E-state index in [9.17, 15) is 8.42 Å². The molecule has 0 atom stereocenters. The van der Waals surface area contributed by atoms with Gasteiger partial charge in [0.25, 0.3) is 0 Å². The lowest BCUT2D eigenvalue weighted by Crippen LogP contribution is -2.58. The summed E-state index contributed by atoms with van der Waals surface area (Å²) in [5.74, 6) is 0.465. The van der Waals surface area contributed by atoms with Gasteiger partial charge in [0.15, 0.2) is 9.84 Å². The average Bonchev–Trinajstić information content (AvgIpc) is 2.47. The Morgan fingerprint density at radius 2 is 1.88 bits per heavy atom. The molecule has 2 aliphatic rings. The van der Waals surface area contributed by atoms with E-state index in [-0.39, 0.29) is 16.8 Å². The van der Waals surface area contributed by atoms with Gasteiger partial charge < -0.3 is 11.5 Å². The van der Waals surface area contributed by atoms with Gasteiger partial charge in [0.05, 0.1) is 10.6 Å². The van der Waals surface area contributed by atoms with Crippen LogP contribution >= 0.6 is 15.9 Å². The molecule has 130 valence electrons. The third kappa shape index (κ3) is 3.02. The summed E-state index contributed by atoms with van der Waals surface area (Å²) < 4.78 is 24.1. The van der Waals surface area contributed by atoms with Crippen molar-refractivity contribution in [2.45, 2.75) is 42.7 Å². The number of hydrogen-bond donors (Lipinski definition) is 2. The van der Waals surface area contributed by atoms with E-state index in [1.54, 1.807) is 18.2 Å². The average molecular weight is 414 g/mol. The first-order chi connectivity index (χ1) is 11.2. The van der Waals surface area contributed by atoms with E-state index in [0.717, 1.165) is 37.8 Å². The minimum Gasteiger partial charge on any atom is -0.369 e. The molecular formula is C15H20BrN5O2S. The van der Waals surface area contributed by atoms with Gasteiger partial charge in [-0.25, -0.2) is 13.4 Å². The van der Waals surface area contributed by atoms with E-state index in [2.05, 4.69) is 25.9 Å². The van der Waals surface area contributed by atoms with Crippen molar-refractivity contribution in [1.82, 2.24) is 0 Å². The fraction of sp³-hybridized carbons (Fsp3) is 0.467. The quantitative estimate of drug-likeness (QED) is 0.768. The summed E-state index contributed by atoms with van der Waals surface area (Å²) in [5.41, 5.74) is 12.2. The van der Waals surface area contributed by atoms with E-state index in [0.29, 0.717) is 4.47 Å². The second kappa shape index (κ2) is 6.03. The largest absolute Gasteiger partial charge is 0.369 e. The second-order valence-corrected chi connectivity index (χ2v) is 9.07. The Morgan fingerprint density at radius 1 is 1.21 bits per heavy atom. The van der Waals surface area contributed by atoms with Crippen LogP contribution in [0.4, 0.5) is 5.69 Å². The standard InChI is InChI=1S/C15H20BrN5O2S/c1-24(22,23)10-5-6-12(11(16)9-10)21-14(18)19-13(17)20-15(21)7-3-2-4-8-15/h5-6,9H,2-4,7-8H2,1H3,(H4,17,18,19,20). The molecule has 0 aromatic heterocycles. The van der Waals surface area contributed by atoms with Gasteiger partial charge in [0, 0.05) is 10.7 Å². The number of aliphatic imine (C=N–C) groups is 2. The van der Waals surface area contributed by atoms with Gasteiger partial charge in [-0.1, -0.05) is 6.42 Å². The molecule has 1 aromatic carbocycles. The summed E-state index contributed by atoms with van der Waals surface area (Å²) in [4.78, 5) is 10.8. The normalized spacial score (nSPS) is 20.7. The van der Waals surface area contributed by atoms with Crippen molar-refractivity contribution in [3.63, 3.8) is 0 Å². The fourth-order valence-corrected chi connectivity index (χ4v) is 4.72. The minimum absolute atomic E-state index is 0.189. The van der Waals surface area contributed by atoms with Crippen LogP contribution in [-0.2, 0) is 9.84 Å². The van der Waals surface area contributed by atoms with E-state index in [4.69, 9.17) is 11.5 Å². The highest BCUT2D eigenvalue weighted by Gasteiger charge is 2.43. The summed E-state index contributed by atoms with van der Waals surface area (Å²) in [5, 5.41) is 0. The zero-order valence-corrected chi connectivity index (χ0v) is 15.8. The van der Waals surface area contributed by atoms with Gasteiger partial charge in [-0.3, -0.25) is 4.90 Å². The van der Waals surface area contributed by atoms with Crippen molar-refractivity contribution in [2.75, 3.05) is 11.2 Å². The number of nitrogens with two attached hydrogens (primary N) is 2. The van der Waals surface area contributed by atoms with Crippen molar-refractivity contribution < 1.29 is 8.42 Å². The summed E-state index contributed by atoms with van der Waals surface area (Å²) in [6, 6.07) is 4.88. The number of nitrogens with zero attached hydrogens (tertiary/aromatic N) is 3. The molecular weight excluding hydrogens is 394 g/mol. The number of halogens is 1. The molecule has 1 aliphatic heterocycles. The number of sulfone groups is 1.